The van der Waals surface area contributed by atoms with Crippen LogP contribution in [0.25, 0.3) is 22.5 Å². The van der Waals surface area contributed by atoms with Crippen molar-refractivity contribution >= 4 is 45.4 Å². The largest absolute Gasteiger partial charge is 0.318 e. The Morgan fingerprint density at radius 2 is 1.66 bits per heavy atom. The highest BCUT2D eigenvalue weighted by molar-refractivity contribution is 8.18. The van der Waals surface area contributed by atoms with E-state index in [0.29, 0.717) is 4.91 Å². The van der Waals surface area contributed by atoms with E-state index >= 15 is 0 Å². The number of hydrogen-bond donors (Lipinski definition) is 0. The SMILES string of the molecule is Cc1cc(/C=C2\SC(=O)N(Cc3ccc4ccccc4c3)C2=O)c(C)n1-c1ccc([N+](=O)[O-])cc1. The fraction of sp³-hybridized carbons (Fsp3) is 0.111. The average Bonchev–Trinajstić information content (AvgIpc) is 3.27. The molecular weight excluding hydrogens is 462 g/mol. The molecule has 0 aliphatic carbocycles. The van der Waals surface area contributed by atoms with Gasteiger partial charge in [0.25, 0.3) is 16.8 Å². The minimum absolute atomic E-state index is 0.0246. The summed E-state index contributed by atoms with van der Waals surface area (Å²) in [5.41, 5.74) is 4.31. The van der Waals surface area contributed by atoms with Crippen molar-refractivity contribution < 1.29 is 14.5 Å². The van der Waals surface area contributed by atoms with Gasteiger partial charge in [0, 0.05) is 29.2 Å². The zero-order valence-electron chi connectivity index (χ0n) is 19.1. The maximum absolute atomic E-state index is 13.1. The minimum Gasteiger partial charge on any atom is -0.318 e. The maximum Gasteiger partial charge on any atom is 0.293 e. The number of benzene rings is 3. The van der Waals surface area contributed by atoms with Gasteiger partial charge in [0.15, 0.2) is 0 Å². The molecule has 8 heteroatoms. The second-order valence-electron chi connectivity index (χ2n) is 8.38. The smallest absolute Gasteiger partial charge is 0.293 e. The number of rotatable bonds is 5. The van der Waals surface area contributed by atoms with Gasteiger partial charge >= 0.3 is 0 Å². The van der Waals surface area contributed by atoms with Gasteiger partial charge in [0.2, 0.25) is 0 Å². The lowest BCUT2D eigenvalue weighted by atomic mass is 10.1. The predicted molar refractivity (Wildman–Crippen MR) is 137 cm³/mol. The molecule has 2 heterocycles. The fourth-order valence-electron chi connectivity index (χ4n) is 4.35. The predicted octanol–water partition coefficient (Wildman–Crippen LogP) is 6.39. The Morgan fingerprint density at radius 3 is 2.37 bits per heavy atom. The van der Waals surface area contributed by atoms with Crippen molar-refractivity contribution in [3.05, 3.63) is 110 Å². The molecule has 5 rings (SSSR count). The molecule has 0 atom stereocenters. The van der Waals surface area contributed by atoms with Gasteiger partial charge in [-0.1, -0.05) is 36.4 Å². The number of fused-ring (bicyclic) bond motifs is 1. The Kier molecular flexibility index (Phi) is 5.74. The number of nitro benzene ring substituents is 1. The number of hydrogen-bond acceptors (Lipinski definition) is 5. The van der Waals surface area contributed by atoms with Gasteiger partial charge in [0.05, 0.1) is 16.4 Å². The van der Waals surface area contributed by atoms with Crippen LogP contribution in [0.5, 0.6) is 0 Å². The summed E-state index contributed by atoms with van der Waals surface area (Å²) in [6, 6.07) is 22.1. The Bertz CT molecular complexity index is 1540. The van der Waals surface area contributed by atoms with Gasteiger partial charge in [-0.3, -0.25) is 24.6 Å². The van der Waals surface area contributed by atoms with Crippen molar-refractivity contribution in [3.63, 3.8) is 0 Å². The Morgan fingerprint density at radius 1 is 0.943 bits per heavy atom. The quantitative estimate of drug-likeness (QED) is 0.186. The first-order valence-electron chi connectivity index (χ1n) is 11.0. The summed E-state index contributed by atoms with van der Waals surface area (Å²) < 4.78 is 1.97. The second kappa shape index (κ2) is 8.88. The molecule has 3 aromatic carbocycles. The molecule has 2 amide bonds. The van der Waals surface area contributed by atoms with Crippen LogP contribution in [0.2, 0.25) is 0 Å². The van der Waals surface area contributed by atoms with E-state index in [4.69, 9.17) is 0 Å². The molecule has 0 N–H and O–H groups in total. The molecule has 1 aliphatic heterocycles. The van der Waals surface area contributed by atoms with Crippen LogP contribution in [-0.2, 0) is 11.3 Å². The topological polar surface area (TPSA) is 85.5 Å². The Labute approximate surface area is 205 Å². The molecule has 0 radical (unpaired) electrons. The van der Waals surface area contributed by atoms with E-state index in [2.05, 4.69) is 0 Å². The van der Waals surface area contributed by atoms with Gasteiger partial charge in [-0.2, -0.15) is 0 Å². The number of aryl methyl sites for hydroxylation is 1. The summed E-state index contributed by atoms with van der Waals surface area (Å²) >= 11 is 0.939. The normalized spacial score (nSPS) is 14.9. The summed E-state index contributed by atoms with van der Waals surface area (Å²) in [6.45, 7) is 4.06. The van der Waals surface area contributed by atoms with Gasteiger partial charge in [0.1, 0.15) is 0 Å². The molecule has 7 nitrogen and oxygen atoms in total. The average molecular weight is 484 g/mol. The monoisotopic (exact) mass is 483 g/mol. The van der Waals surface area contributed by atoms with Crippen LogP contribution in [-0.4, -0.2) is 25.5 Å². The lowest BCUT2D eigenvalue weighted by Crippen LogP contribution is -2.27. The number of nitro groups is 1. The highest BCUT2D eigenvalue weighted by atomic mass is 32.2. The first kappa shape index (κ1) is 22.6. The minimum atomic E-state index is -0.432. The van der Waals surface area contributed by atoms with Gasteiger partial charge in [-0.15, -0.1) is 0 Å². The number of carbonyl (C=O) groups excluding carboxylic acids is 2. The number of carbonyl (C=O) groups is 2. The van der Waals surface area contributed by atoms with Crippen LogP contribution < -0.4 is 0 Å². The number of nitrogens with zero attached hydrogens (tertiary/aromatic N) is 3. The molecule has 174 valence electrons. The molecule has 1 saturated heterocycles. The van der Waals surface area contributed by atoms with Crippen molar-refractivity contribution in [1.82, 2.24) is 9.47 Å². The highest BCUT2D eigenvalue weighted by Crippen LogP contribution is 2.35. The van der Waals surface area contributed by atoms with E-state index in [0.717, 1.165) is 50.7 Å². The molecule has 1 fully saturated rings. The molecule has 0 spiro atoms. The van der Waals surface area contributed by atoms with Crippen molar-refractivity contribution in [2.45, 2.75) is 20.4 Å². The fourth-order valence-corrected chi connectivity index (χ4v) is 5.18. The van der Waals surface area contributed by atoms with Crippen LogP contribution in [0.1, 0.15) is 22.5 Å². The van der Waals surface area contributed by atoms with Crippen molar-refractivity contribution in [1.29, 1.82) is 0 Å². The molecule has 0 bridgehead atoms. The van der Waals surface area contributed by atoms with E-state index in [1.54, 1.807) is 18.2 Å². The number of thioether (sulfide) groups is 1. The molecule has 35 heavy (non-hydrogen) atoms. The van der Waals surface area contributed by atoms with Gasteiger partial charge < -0.3 is 4.57 Å². The van der Waals surface area contributed by atoms with Crippen LogP contribution in [0, 0.1) is 24.0 Å². The molecule has 0 unspecified atom stereocenters. The molecule has 0 saturated carbocycles. The third kappa shape index (κ3) is 4.24. The van der Waals surface area contributed by atoms with E-state index < -0.39 is 4.92 Å². The summed E-state index contributed by atoms with van der Waals surface area (Å²) in [7, 11) is 0. The lowest BCUT2D eigenvalue weighted by molar-refractivity contribution is -0.384. The second-order valence-corrected chi connectivity index (χ2v) is 9.38. The van der Waals surface area contributed by atoms with Crippen molar-refractivity contribution in [2.75, 3.05) is 0 Å². The summed E-state index contributed by atoms with van der Waals surface area (Å²) in [5.74, 6) is -0.312. The van der Waals surface area contributed by atoms with E-state index in [1.807, 2.05) is 66.9 Å². The summed E-state index contributed by atoms with van der Waals surface area (Å²) in [4.78, 5) is 38.0. The lowest BCUT2D eigenvalue weighted by Gasteiger charge is -2.13. The summed E-state index contributed by atoms with van der Waals surface area (Å²) in [5, 5.41) is 12.8. The molecular formula is C27H21N3O4S. The zero-order chi connectivity index (χ0) is 24.7. The highest BCUT2D eigenvalue weighted by Gasteiger charge is 2.35. The Hall–Kier alpha value is -4.17. The third-order valence-electron chi connectivity index (χ3n) is 6.10. The molecule has 1 aromatic heterocycles. The zero-order valence-corrected chi connectivity index (χ0v) is 19.9. The molecule has 4 aromatic rings. The van der Waals surface area contributed by atoms with Crippen molar-refractivity contribution in [2.24, 2.45) is 0 Å². The number of imide groups is 1. The maximum atomic E-state index is 13.1. The van der Waals surface area contributed by atoms with Crippen LogP contribution in [0.3, 0.4) is 0 Å². The standard InChI is InChI=1S/C27H21N3O4S/c1-17-13-22(18(2)29(17)23-9-11-24(12-10-23)30(33)34)15-25-26(31)28(27(32)35-25)16-19-7-8-20-5-3-4-6-21(20)14-19/h3-15H,16H2,1-2H3/b25-15-. The number of non-ortho nitro benzene ring substituents is 1. The third-order valence-corrected chi connectivity index (χ3v) is 7.01. The van der Waals surface area contributed by atoms with Crippen molar-refractivity contribution in [3.8, 4) is 5.69 Å². The van der Waals surface area contributed by atoms with E-state index in [9.17, 15) is 19.7 Å². The van der Waals surface area contributed by atoms with E-state index in [1.165, 1.54) is 17.0 Å². The Balaban J connectivity index is 1.41. The first-order chi connectivity index (χ1) is 16.8. The summed E-state index contributed by atoms with van der Waals surface area (Å²) in [6.07, 6.45) is 1.75. The van der Waals surface area contributed by atoms with Crippen LogP contribution in [0.15, 0.2) is 77.7 Å². The first-order valence-corrected chi connectivity index (χ1v) is 11.8. The van der Waals surface area contributed by atoms with Gasteiger partial charge in [-0.05, 0) is 77.9 Å². The van der Waals surface area contributed by atoms with Crippen LogP contribution in [0.4, 0.5) is 10.5 Å². The van der Waals surface area contributed by atoms with E-state index in [-0.39, 0.29) is 23.4 Å². The van der Waals surface area contributed by atoms with Crippen LogP contribution >= 0.6 is 11.8 Å². The van der Waals surface area contributed by atoms with Gasteiger partial charge in [-0.25, -0.2) is 0 Å². The number of amides is 2. The number of aromatic nitrogens is 1. The molecule has 1 aliphatic rings.